The molecule has 88 valence electrons. The summed E-state index contributed by atoms with van der Waals surface area (Å²) in [4.78, 5) is 0. The first-order valence-electron chi connectivity index (χ1n) is 5.50. The molecule has 0 aliphatic heterocycles. The first-order valence-corrected chi connectivity index (χ1v) is 7.23. The van der Waals surface area contributed by atoms with Crippen LogP contribution in [-0.2, 0) is 13.6 Å². The van der Waals surface area contributed by atoms with Crippen LogP contribution in [0, 0.1) is 12.3 Å². The minimum Gasteiger partial charge on any atom is -0.308 e. The van der Waals surface area contributed by atoms with Gasteiger partial charge in [-0.1, -0.05) is 32.6 Å². The molecule has 0 radical (unpaired) electrons. The highest BCUT2D eigenvalue weighted by molar-refractivity contribution is 7.54. The van der Waals surface area contributed by atoms with Gasteiger partial charge in [0.15, 0.2) is 0 Å². The number of hydrogen-bond acceptors (Lipinski definition) is 3. The Kier molecular flexibility index (Phi) is 8.80. The highest BCUT2D eigenvalue weighted by Gasteiger charge is 2.22. The average molecular weight is 232 g/mol. The Balaban J connectivity index is 3.96. The fraction of sp³-hybridized carbons (Fsp3) is 0.818. The molecule has 3 nitrogen and oxygen atoms in total. The van der Waals surface area contributed by atoms with E-state index < -0.39 is 7.60 Å². The topological polar surface area (TPSA) is 35.5 Å². The lowest BCUT2D eigenvalue weighted by atomic mass is 10.4. The summed E-state index contributed by atoms with van der Waals surface area (Å²) in [5.74, 6) is 2.35. The van der Waals surface area contributed by atoms with Crippen LogP contribution in [0.5, 0.6) is 0 Å². The number of rotatable bonds is 9. The van der Waals surface area contributed by atoms with E-state index in [1.54, 1.807) is 0 Å². The molecule has 0 N–H and O–H groups in total. The lowest BCUT2D eigenvalue weighted by molar-refractivity contribution is 0.202. The average Bonchev–Trinajstić information content (AvgIpc) is 2.19. The van der Waals surface area contributed by atoms with Gasteiger partial charge in [0.2, 0.25) is 0 Å². The second-order valence-corrected chi connectivity index (χ2v) is 5.40. The zero-order chi connectivity index (χ0) is 11.6. The molecule has 0 saturated carbocycles. The molecule has 0 aromatic carbocycles. The predicted molar refractivity (Wildman–Crippen MR) is 63.0 cm³/mol. The molecule has 0 aromatic rings. The fourth-order valence-electron chi connectivity index (χ4n) is 0.936. The monoisotopic (exact) mass is 232 g/mol. The highest BCUT2D eigenvalue weighted by atomic mass is 31.2. The van der Waals surface area contributed by atoms with E-state index in [9.17, 15) is 4.57 Å². The lowest BCUT2D eigenvalue weighted by Gasteiger charge is -2.16. The molecular formula is C11H21O3P. The van der Waals surface area contributed by atoms with Crippen molar-refractivity contribution in [3.63, 3.8) is 0 Å². The molecule has 0 unspecified atom stereocenters. The molecule has 0 heterocycles. The Hall–Kier alpha value is -0.290. The van der Waals surface area contributed by atoms with Crippen molar-refractivity contribution in [2.24, 2.45) is 0 Å². The van der Waals surface area contributed by atoms with Crippen LogP contribution in [0.3, 0.4) is 0 Å². The van der Waals surface area contributed by atoms with Gasteiger partial charge in [-0.2, -0.15) is 0 Å². The highest BCUT2D eigenvalue weighted by Crippen LogP contribution is 2.47. The quantitative estimate of drug-likeness (QED) is 0.347. The maximum absolute atomic E-state index is 12.0. The molecule has 0 saturated heterocycles. The van der Waals surface area contributed by atoms with E-state index in [0.717, 1.165) is 25.7 Å². The summed E-state index contributed by atoms with van der Waals surface area (Å²) < 4.78 is 22.5. The maximum Gasteiger partial charge on any atom is 0.342 e. The largest absolute Gasteiger partial charge is 0.342 e. The van der Waals surface area contributed by atoms with Crippen molar-refractivity contribution < 1.29 is 13.6 Å². The first kappa shape index (κ1) is 14.7. The molecule has 0 aliphatic rings. The molecule has 4 heteroatoms. The smallest absolute Gasteiger partial charge is 0.308 e. The van der Waals surface area contributed by atoms with Crippen LogP contribution in [-0.4, -0.2) is 19.4 Å². The van der Waals surface area contributed by atoms with Crippen molar-refractivity contribution in [1.29, 1.82) is 0 Å². The van der Waals surface area contributed by atoms with Gasteiger partial charge >= 0.3 is 7.60 Å². The molecule has 0 fully saturated rings. The van der Waals surface area contributed by atoms with Crippen LogP contribution in [0.4, 0.5) is 0 Å². The fourth-order valence-corrected chi connectivity index (χ4v) is 2.23. The molecule has 0 amide bonds. The SMILES string of the molecule is C#CCP(=O)(OCCCC)OCCCC. The Morgan fingerprint density at radius 1 is 1.13 bits per heavy atom. The molecule has 0 spiro atoms. The van der Waals surface area contributed by atoms with Gasteiger partial charge in [0.05, 0.1) is 13.2 Å². The van der Waals surface area contributed by atoms with Crippen LogP contribution in [0.2, 0.25) is 0 Å². The van der Waals surface area contributed by atoms with Crippen LogP contribution in [0.25, 0.3) is 0 Å². The van der Waals surface area contributed by atoms with Crippen molar-refractivity contribution in [3.05, 3.63) is 0 Å². The molecule has 0 aromatic heterocycles. The van der Waals surface area contributed by atoms with Crippen LogP contribution >= 0.6 is 7.60 Å². The summed E-state index contributed by atoms with van der Waals surface area (Å²) in [6.07, 6.45) is 8.98. The zero-order valence-electron chi connectivity index (χ0n) is 9.70. The molecule has 0 bridgehead atoms. The third-order valence-electron chi connectivity index (χ3n) is 1.86. The minimum atomic E-state index is -3.01. The Labute approximate surface area is 93.1 Å². The van der Waals surface area contributed by atoms with Gasteiger partial charge in [-0.15, -0.1) is 6.42 Å². The zero-order valence-corrected chi connectivity index (χ0v) is 10.6. The second kappa shape index (κ2) is 8.97. The normalized spacial score (nSPS) is 11.3. The molecule has 0 atom stereocenters. The summed E-state index contributed by atoms with van der Waals surface area (Å²) in [6.45, 7) is 5.02. The maximum atomic E-state index is 12.0. The van der Waals surface area contributed by atoms with E-state index in [4.69, 9.17) is 15.5 Å². The lowest BCUT2D eigenvalue weighted by Crippen LogP contribution is -2.01. The number of unbranched alkanes of at least 4 members (excludes halogenated alkanes) is 2. The summed E-state index contributed by atoms with van der Waals surface area (Å²) in [7, 11) is -3.01. The summed E-state index contributed by atoms with van der Waals surface area (Å²) in [5, 5.41) is 0. The number of terminal acetylenes is 1. The van der Waals surface area contributed by atoms with Crippen LogP contribution in [0.1, 0.15) is 39.5 Å². The third kappa shape index (κ3) is 7.62. The summed E-state index contributed by atoms with van der Waals surface area (Å²) >= 11 is 0. The third-order valence-corrected chi connectivity index (χ3v) is 3.58. The van der Waals surface area contributed by atoms with Gasteiger partial charge in [0, 0.05) is 0 Å². The van der Waals surface area contributed by atoms with Gasteiger partial charge in [-0.05, 0) is 12.8 Å². The van der Waals surface area contributed by atoms with Crippen molar-refractivity contribution >= 4 is 7.60 Å². The first-order chi connectivity index (χ1) is 7.18. The van der Waals surface area contributed by atoms with Gasteiger partial charge < -0.3 is 9.05 Å². The van der Waals surface area contributed by atoms with Gasteiger partial charge in [0.1, 0.15) is 6.16 Å². The van der Waals surface area contributed by atoms with E-state index in [-0.39, 0.29) is 6.16 Å². The molecule has 0 rings (SSSR count). The van der Waals surface area contributed by atoms with E-state index in [0.29, 0.717) is 13.2 Å². The van der Waals surface area contributed by atoms with E-state index in [1.807, 2.05) is 13.8 Å². The Morgan fingerprint density at radius 3 is 1.93 bits per heavy atom. The molecule has 0 aliphatic carbocycles. The van der Waals surface area contributed by atoms with Crippen LogP contribution < -0.4 is 0 Å². The van der Waals surface area contributed by atoms with Gasteiger partial charge in [0.25, 0.3) is 0 Å². The van der Waals surface area contributed by atoms with Gasteiger partial charge in [-0.3, -0.25) is 4.57 Å². The van der Waals surface area contributed by atoms with Gasteiger partial charge in [-0.25, -0.2) is 0 Å². The van der Waals surface area contributed by atoms with Crippen molar-refractivity contribution in [3.8, 4) is 12.3 Å². The van der Waals surface area contributed by atoms with E-state index in [1.165, 1.54) is 0 Å². The summed E-state index contributed by atoms with van der Waals surface area (Å²) in [5.41, 5.74) is 0. The Morgan fingerprint density at radius 2 is 1.60 bits per heavy atom. The number of hydrogen-bond donors (Lipinski definition) is 0. The minimum absolute atomic E-state index is 0.0699. The van der Waals surface area contributed by atoms with E-state index in [2.05, 4.69) is 5.92 Å². The second-order valence-electron chi connectivity index (χ2n) is 3.35. The van der Waals surface area contributed by atoms with E-state index >= 15 is 0 Å². The Bertz CT molecular complexity index is 218. The molecular weight excluding hydrogens is 211 g/mol. The summed E-state index contributed by atoms with van der Waals surface area (Å²) in [6, 6.07) is 0. The molecule has 15 heavy (non-hydrogen) atoms. The predicted octanol–water partition coefficient (Wildman–Crippen LogP) is 3.45. The van der Waals surface area contributed by atoms with Crippen molar-refractivity contribution in [1.82, 2.24) is 0 Å². The van der Waals surface area contributed by atoms with Crippen molar-refractivity contribution in [2.75, 3.05) is 19.4 Å². The standard InChI is InChI=1S/C11H21O3P/c1-4-7-9-13-15(12,11-6-3)14-10-8-5-2/h3H,4-5,7-11H2,1-2H3. The van der Waals surface area contributed by atoms with Crippen LogP contribution in [0.15, 0.2) is 0 Å². The van der Waals surface area contributed by atoms with Crippen molar-refractivity contribution in [2.45, 2.75) is 39.5 Å².